The van der Waals surface area contributed by atoms with Crippen molar-refractivity contribution >= 4 is 17.9 Å². The van der Waals surface area contributed by atoms with Crippen LogP contribution in [0.2, 0.25) is 0 Å². The van der Waals surface area contributed by atoms with E-state index in [0.717, 1.165) is 31.2 Å². The quantitative estimate of drug-likeness (QED) is 0.403. The van der Waals surface area contributed by atoms with Gasteiger partial charge in [-0.1, -0.05) is 56.5 Å². The van der Waals surface area contributed by atoms with E-state index in [-0.39, 0.29) is 32.0 Å². The number of carbonyl (C=O) groups excluding carboxylic acids is 3. The number of halogens is 1. The number of alkyl halides is 1. The third kappa shape index (κ3) is 6.54. The smallest absolute Gasteiger partial charge is 0.411 e. The van der Waals surface area contributed by atoms with Crippen molar-refractivity contribution in [3.05, 3.63) is 35.9 Å². The van der Waals surface area contributed by atoms with E-state index >= 15 is 0 Å². The van der Waals surface area contributed by atoms with Crippen LogP contribution in [0.15, 0.2) is 30.3 Å². The van der Waals surface area contributed by atoms with Crippen LogP contribution in [0.5, 0.6) is 0 Å². The molecule has 0 unspecified atom stereocenters. The number of likely N-dealkylation sites (tertiary alicyclic amines) is 1. The molecule has 0 radical (unpaired) electrons. The number of fused-ring (bicyclic) bond motifs is 3. The Morgan fingerprint density at radius 1 is 1.10 bits per heavy atom. The second-order valence-electron chi connectivity index (χ2n) is 11.5. The Kier molecular flexibility index (Phi) is 9.47. The van der Waals surface area contributed by atoms with E-state index in [4.69, 9.17) is 4.74 Å². The van der Waals surface area contributed by atoms with Gasteiger partial charge in [-0.3, -0.25) is 14.5 Å². The van der Waals surface area contributed by atoms with Crippen LogP contribution in [0.25, 0.3) is 0 Å². The van der Waals surface area contributed by atoms with Crippen molar-refractivity contribution in [1.29, 1.82) is 5.26 Å². The normalized spacial score (nSPS) is 27.6. The van der Waals surface area contributed by atoms with Gasteiger partial charge in [-0.15, -0.1) is 0 Å². The molecule has 2 atom stereocenters. The lowest BCUT2D eigenvalue weighted by molar-refractivity contribution is -0.145. The maximum Gasteiger partial charge on any atom is 0.411 e. The third-order valence-corrected chi connectivity index (χ3v) is 9.02. The summed E-state index contributed by atoms with van der Waals surface area (Å²) >= 11 is 0. The average Bonchev–Trinajstić information content (AvgIpc) is 3.36. The summed E-state index contributed by atoms with van der Waals surface area (Å²) in [5.41, 5.74) is -0.206. The highest BCUT2D eigenvalue weighted by Gasteiger charge is 2.56. The van der Waals surface area contributed by atoms with Crippen LogP contribution in [0.3, 0.4) is 0 Å². The maximum atomic E-state index is 14.1. The summed E-state index contributed by atoms with van der Waals surface area (Å²) in [5, 5.41) is 12.6. The van der Waals surface area contributed by atoms with Crippen LogP contribution < -0.4 is 5.32 Å². The van der Waals surface area contributed by atoms with E-state index in [2.05, 4.69) is 12.2 Å². The van der Waals surface area contributed by atoms with Crippen molar-refractivity contribution < 1.29 is 23.5 Å². The predicted molar refractivity (Wildman–Crippen MR) is 144 cm³/mol. The Morgan fingerprint density at radius 3 is 2.44 bits per heavy atom. The van der Waals surface area contributed by atoms with Crippen molar-refractivity contribution in [3.8, 4) is 6.07 Å². The summed E-state index contributed by atoms with van der Waals surface area (Å²) in [6.45, 7) is 2.51. The summed E-state index contributed by atoms with van der Waals surface area (Å²) in [5.74, 6) is -0.343. The van der Waals surface area contributed by atoms with E-state index < -0.39 is 35.2 Å². The van der Waals surface area contributed by atoms with Gasteiger partial charge >= 0.3 is 6.09 Å². The van der Waals surface area contributed by atoms with Crippen LogP contribution >= 0.6 is 0 Å². The van der Waals surface area contributed by atoms with Crippen molar-refractivity contribution in [2.75, 3.05) is 19.6 Å². The number of nitrogens with one attached hydrogen (secondary N) is 1. The molecule has 1 saturated heterocycles. The summed E-state index contributed by atoms with van der Waals surface area (Å²) in [4.78, 5) is 42.8. The molecule has 3 amide bonds. The summed E-state index contributed by atoms with van der Waals surface area (Å²) in [6, 6.07) is 10.5. The minimum atomic E-state index is -1.25. The van der Waals surface area contributed by atoms with Gasteiger partial charge in [0.25, 0.3) is 0 Å². The number of unbranched alkanes of at least 4 members (excludes halogenated alkanes) is 3. The molecule has 9 heteroatoms. The van der Waals surface area contributed by atoms with E-state index in [1.165, 1.54) is 9.80 Å². The van der Waals surface area contributed by atoms with Gasteiger partial charge in [0.15, 0.2) is 0 Å². The van der Waals surface area contributed by atoms with Gasteiger partial charge in [0.05, 0.1) is 12.6 Å². The number of nitrogens with zero attached hydrogens (tertiary/aromatic N) is 3. The summed E-state index contributed by atoms with van der Waals surface area (Å²) < 4.78 is 19.7. The molecule has 0 spiro atoms. The van der Waals surface area contributed by atoms with Gasteiger partial charge in [0, 0.05) is 23.9 Å². The van der Waals surface area contributed by atoms with Gasteiger partial charge in [0.2, 0.25) is 11.8 Å². The Hall–Kier alpha value is -3.15. The molecule has 39 heavy (non-hydrogen) atoms. The van der Waals surface area contributed by atoms with Crippen LogP contribution in [-0.4, -0.2) is 65.1 Å². The summed E-state index contributed by atoms with van der Waals surface area (Å²) in [7, 11) is 0. The van der Waals surface area contributed by atoms with Crippen LogP contribution in [0.4, 0.5) is 9.18 Å². The minimum Gasteiger partial charge on any atom is -0.445 e. The van der Waals surface area contributed by atoms with Gasteiger partial charge in [-0.05, 0) is 50.5 Å². The number of amides is 3. The molecular formula is C30H41FN4O4. The van der Waals surface area contributed by atoms with E-state index in [0.29, 0.717) is 45.1 Å². The van der Waals surface area contributed by atoms with E-state index in [1.54, 1.807) is 0 Å². The van der Waals surface area contributed by atoms with Gasteiger partial charge in [-0.25, -0.2) is 9.18 Å². The zero-order chi connectivity index (χ0) is 27.9. The third-order valence-electron chi connectivity index (χ3n) is 9.02. The number of carbonyl (C=O) groups is 3. The van der Waals surface area contributed by atoms with Gasteiger partial charge in [0.1, 0.15) is 25.4 Å². The molecule has 1 aliphatic heterocycles. The Labute approximate surface area is 230 Å². The first kappa shape index (κ1) is 28.8. The molecule has 2 bridgehead atoms. The number of nitriles is 1. The SMILES string of the molecule is CCCCCCNC(=O)C12CCC(N(CC(=O)N3C[C@@H](F)C[C@H]3C#N)C(=O)OCc3ccccc3)(CC1)CC2. The monoisotopic (exact) mass is 540 g/mol. The molecule has 8 nitrogen and oxygen atoms in total. The zero-order valence-electron chi connectivity index (χ0n) is 23.0. The van der Waals surface area contributed by atoms with Crippen LogP contribution in [0, 0.1) is 16.7 Å². The lowest BCUT2D eigenvalue weighted by Crippen LogP contribution is -2.63. The summed E-state index contributed by atoms with van der Waals surface area (Å²) in [6.07, 6.45) is 6.24. The second-order valence-corrected chi connectivity index (χ2v) is 11.5. The van der Waals surface area contributed by atoms with Gasteiger partial charge in [-0.2, -0.15) is 5.26 Å². The standard InChI is InChI=1S/C30H41FN4O4/c1-2-3-4-8-17-33-27(37)29-11-14-30(15-12-29,16-13-29)35(28(38)39-22-23-9-6-5-7-10-23)21-26(36)34-20-24(31)18-25(34)19-32/h5-7,9-10,24-25H,2-4,8,11-18,20-22H2,1H3,(H,33,37)/t24-,25-,29?,30?/m0/s1. The van der Waals surface area contributed by atoms with Crippen molar-refractivity contribution in [2.45, 2.75) is 102 Å². The molecule has 5 rings (SSSR count). The Morgan fingerprint density at radius 2 is 1.79 bits per heavy atom. The average molecular weight is 541 g/mol. The minimum absolute atomic E-state index is 0.0120. The second kappa shape index (κ2) is 12.8. The molecule has 1 heterocycles. The van der Waals surface area contributed by atoms with Crippen LogP contribution in [-0.2, 0) is 20.9 Å². The Balaban J connectivity index is 1.45. The topological polar surface area (TPSA) is 103 Å². The molecule has 0 aromatic heterocycles. The first-order chi connectivity index (χ1) is 18.8. The van der Waals surface area contributed by atoms with Crippen molar-refractivity contribution in [3.63, 3.8) is 0 Å². The largest absolute Gasteiger partial charge is 0.445 e. The molecule has 1 aromatic rings. The molecule has 212 valence electrons. The fourth-order valence-electron chi connectivity index (χ4n) is 6.48. The molecule has 3 saturated carbocycles. The van der Waals surface area contributed by atoms with E-state index in [1.807, 2.05) is 36.4 Å². The molecule has 4 aliphatic rings. The molecule has 1 N–H and O–H groups in total. The van der Waals surface area contributed by atoms with Crippen LogP contribution in [0.1, 0.15) is 83.1 Å². The predicted octanol–water partition coefficient (Wildman–Crippen LogP) is 4.88. The molecule has 1 aromatic carbocycles. The fourth-order valence-corrected chi connectivity index (χ4v) is 6.48. The molecule has 4 fully saturated rings. The van der Waals surface area contributed by atoms with Crippen molar-refractivity contribution in [1.82, 2.24) is 15.1 Å². The number of benzene rings is 1. The van der Waals surface area contributed by atoms with Crippen molar-refractivity contribution in [2.24, 2.45) is 5.41 Å². The molecule has 3 aliphatic carbocycles. The lowest BCUT2D eigenvalue weighted by Gasteiger charge is -2.56. The number of rotatable bonds is 11. The first-order valence-electron chi connectivity index (χ1n) is 14.4. The van der Waals surface area contributed by atoms with Gasteiger partial charge < -0.3 is 15.0 Å². The highest BCUT2D eigenvalue weighted by Crippen LogP contribution is 2.55. The fraction of sp³-hybridized carbons (Fsp3) is 0.667. The van der Waals surface area contributed by atoms with E-state index in [9.17, 15) is 24.0 Å². The zero-order valence-corrected chi connectivity index (χ0v) is 23.0. The number of ether oxygens (including phenoxy) is 1. The first-order valence-corrected chi connectivity index (χ1v) is 14.4. The number of hydrogen-bond donors (Lipinski definition) is 1. The molecular weight excluding hydrogens is 499 g/mol. The lowest BCUT2D eigenvalue weighted by atomic mass is 9.56. The highest BCUT2D eigenvalue weighted by atomic mass is 19.1. The highest BCUT2D eigenvalue weighted by molar-refractivity contribution is 5.85. The maximum absolute atomic E-state index is 14.1. The Bertz CT molecular complexity index is 1030. The number of hydrogen-bond acceptors (Lipinski definition) is 5.